The van der Waals surface area contributed by atoms with Crippen LogP contribution in [0.3, 0.4) is 0 Å². The van der Waals surface area contributed by atoms with Crippen molar-refractivity contribution in [3.63, 3.8) is 0 Å². The number of carbonyl (C=O) groups is 1. The van der Waals surface area contributed by atoms with Gasteiger partial charge in [-0.3, -0.25) is 9.80 Å². The van der Waals surface area contributed by atoms with Gasteiger partial charge in [0.05, 0.1) is 43.1 Å². The summed E-state index contributed by atoms with van der Waals surface area (Å²) in [5, 5.41) is 12.8. The van der Waals surface area contributed by atoms with Crippen LogP contribution in [0.4, 0.5) is 34.0 Å². The zero-order valence-corrected chi connectivity index (χ0v) is 41.2. The van der Waals surface area contributed by atoms with Crippen molar-refractivity contribution in [1.82, 2.24) is 34.3 Å². The highest BCUT2D eigenvalue weighted by Crippen LogP contribution is 2.46. The lowest BCUT2D eigenvalue weighted by Gasteiger charge is -2.42. The van der Waals surface area contributed by atoms with E-state index in [0.717, 1.165) is 49.8 Å². The van der Waals surface area contributed by atoms with Crippen molar-refractivity contribution in [3.05, 3.63) is 88.4 Å². The van der Waals surface area contributed by atoms with Crippen molar-refractivity contribution in [1.29, 1.82) is 0 Å². The summed E-state index contributed by atoms with van der Waals surface area (Å²) in [5.74, 6) is 1.93. The Bertz CT molecular complexity index is 2680. The molecule has 3 aromatic heterocycles. The SMILES string of the molecule is COc1ccc(CN(Cc2ccc(OC)cc2)c2cc(C)c(C(F)(F)F)c([C@@H](O)c3nc4nc(OC[C@@]56CCCN5C[C@H](F)C6)nc(N5CC6CCC(C5)N6C(=O)OC(C)(C)C)c4n3C3CCC3)n2)cc1. The van der Waals surface area contributed by atoms with Crippen LogP contribution in [0.5, 0.6) is 17.5 Å². The molecule has 5 aromatic rings. The smallest absolute Gasteiger partial charge is 0.418 e. The van der Waals surface area contributed by atoms with Crippen LogP contribution < -0.4 is 24.0 Å². The summed E-state index contributed by atoms with van der Waals surface area (Å²) in [6, 6.07) is 15.6. The lowest BCUT2D eigenvalue weighted by molar-refractivity contribution is -0.139. The fourth-order valence-corrected chi connectivity index (χ4v) is 11.5. The predicted molar refractivity (Wildman–Crippen MR) is 258 cm³/mol. The molecular formula is C52H63F4N9O6. The van der Waals surface area contributed by atoms with Crippen LogP contribution in [0.15, 0.2) is 54.6 Å². The lowest BCUT2D eigenvalue weighted by Crippen LogP contribution is -2.57. The first-order chi connectivity index (χ1) is 33.9. The number of halogens is 4. The lowest BCUT2D eigenvalue weighted by atomic mass is 9.92. The van der Waals surface area contributed by atoms with E-state index in [4.69, 9.17) is 38.9 Å². The summed E-state index contributed by atoms with van der Waals surface area (Å²) in [6.45, 7) is 9.44. The number of aryl methyl sites for hydroxylation is 1. The fourth-order valence-electron chi connectivity index (χ4n) is 11.5. The Hall–Kier alpha value is -5.95. The van der Waals surface area contributed by atoms with E-state index in [0.29, 0.717) is 61.7 Å². The first-order valence-electron chi connectivity index (χ1n) is 24.8. The maximum absolute atomic E-state index is 15.5. The number of ether oxygens (including phenoxy) is 4. The van der Waals surface area contributed by atoms with Crippen molar-refractivity contribution >= 4 is 28.9 Å². The molecule has 380 valence electrons. The third kappa shape index (κ3) is 9.63. The number of pyridine rings is 1. The number of piperazine rings is 1. The fraction of sp³-hybridized carbons (Fsp3) is 0.558. The number of aromatic nitrogens is 5. The van der Waals surface area contributed by atoms with Crippen LogP contribution in [0.1, 0.15) is 118 Å². The Balaban J connectivity index is 1.09. The number of alkyl halides is 4. The van der Waals surface area contributed by atoms with Crippen molar-refractivity contribution in [2.75, 3.05) is 56.8 Å². The summed E-state index contributed by atoms with van der Waals surface area (Å²) >= 11 is 0. The molecule has 1 amide bonds. The van der Waals surface area contributed by atoms with E-state index in [1.54, 1.807) is 14.2 Å². The minimum atomic E-state index is -4.90. The molecule has 4 aliphatic heterocycles. The van der Waals surface area contributed by atoms with Gasteiger partial charge in [0.25, 0.3) is 0 Å². The van der Waals surface area contributed by atoms with Crippen LogP contribution in [-0.2, 0) is 24.0 Å². The molecule has 7 heterocycles. The number of anilines is 2. The molecule has 5 fully saturated rings. The molecule has 2 aromatic carbocycles. The summed E-state index contributed by atoms with van der Waals surface area (Å²) in [7, 11) is 3.15. The van der Waals surface area contributed by atoms with Gasteiger partial charge in [0, 0.05) is 45.2 Å². The quantitative estimate of drug-likeness (QED) is 0.106. The molecule has 1 N–H and O–H groups in total. The highest BCUT2D eigenvalue weighted by molar-refractivity contribution is 5.86. The summed E-state index contributed by atoms with van der Waals surface area (Å²) in [4.78, 5) is 41.2. The Morgan fingerprint density at radius 3 is 2.06 bits per heavy atom. The topological polar surface area (TPSA) is 144 Å². The Morgan fingerprint density at radius 1 is 0.859 bits per heavy atom. The number of benzene rings is 2. The molecular weight excluding hydrogens is 923 g/mol. The molecule has 1 saturated carbocycles. The van der Waals surface area contributed by atoms with Crippen LogP contribution in [-0.4, -0.2) is 122 Å². The Labute approximate surface area is 411 Å². The summed E-state index contributed by atoms with van der Waals surface area (Å²) < 4.78 is 86.4. The predicted octanol–water partition coefficient (Wildman–Crippen LogP) is 9.12. The average Bonchev–Trinajstić information content (AvgIpc) is 4.04. The molecule has 2 unspecified atom stereocenters. The second-order valence-corrected chi connectivity index (χ2v) is 21.0. The van der Waals surface area contributed by atoms with Gasteiger partial charge in [-0.2, -0.15) is 23.1 Å². The number of aliphatic hydroxyl groups is 1. The van der Waals surface area contributed by atoms with Crippen LogP contribution >= 0.6 is 0 Å². The van der Waals surface area contributed by atoms with Gasteiger partial charge in [-0.05, 0) is 126 Å². The van der Waals surface area contributed by atoms with Gasteiger partial charge >= 0.3 is 18.3 Å². The largest absolute Gasteiger partial charge is 0.497 e. The van der Waals surface area contributed by atoms with E-state index in [9.17, 15) is 14.3 Å². The Morgan fingerprint density at radius 2 is 1.49 bits per heavy atom. The molecule has 15 nitrogen and oxygen atoms in total. The maximum Gasteiger partial charge on any atom is 0.418 e. The van der Waals surface area contributed by atoms with Crippen molar-refractivity contribution in [3.8, 4) is 17.5 Å². The molecule has 10 rings (SSSR count). The van der Waals surface area contributed by atoms with Gasteiger partial charge in [-0.1, -0.05) is 24.3 Å². The summed E-state index contributed by atoms with van der Waals surface area (Å²) in [6.07, 6.45) is -2.54. The second-order valence-electron chi connectivity index (χ2n) is 21.0. The van der Waals surface area contributed by atoms with Gasteiger partial charge in [-0.25, -0.2) is 19.2 Å². The van der Waals surface area contributed by atoms with Crippen LogP contribution in [0.2, 0.25) is 0 Å². The average molecular weight is 986 g/mol. The molecule has 5 aliphatic rings. The van der Waals surface area contributed by atoms with E-state index < -0.39 is 40.8 Å². The number of amides is 1. The molecule has 5 atom stereocenters. The van der Waals surface area contributed by atoms with Gasteiger partial charge in [0.15, 0.2) is 17.6 Å². The molecule has 1 aliphatic carbocycles. The number of methoxy groups -OCH3 is 2. The number of imidazole rings is 1. The number of fused-ring (bicyclic) bond motifs is 4. The van der Waals surface area contributed by atoms with Crippen LogP contribution in [0, 0.1) is 6.92 Å². The zero-order chi connectivity index (χ0) is 50.0. The zero-order valence-electron chi connectivity index (χ0n) is 41.2. The van der Waals surface area contributed by atoms with Crippen molar-refractivity contribution < 1.29 is 46.4 Å². The first-order valence-corrected chi connectivity index (χ1v) is 24.8. The molecule has 4 saturated heterocycles. The number of rotatable bonds is 14. The third-order valence-electron chi connectivity index (χ3n) is 15.0. The Kier molecular flexibility index (Phi) is 13.0. The molecule has 0 spiro atoms. The number of nitrogens with zero attached hydrogens (tertiary/aromatic N) is 9. The molecule has 0 radical (unpaired) electrons. The normalized spacial score (nSPS) is 22.9. The van der Waals surface area contributed by atoms with Gasteiger partial charge in [0.2, 0.25) is 0 Å². The van der Waals surface area contributed by atoms with Gasteiger partial charge in [-0.15, -0.1) is 0 Å². The summed E-state index contributed by atoms with van der Waals surface area (Å²) in [5.41, 5.74) is -0.651. The highest BCUT2D eigenvalue weighted by atomic mass is 19.4. The molecule has 19 heteroatoms. The van der Waals surface area contributed by atoms with E-state index in [1.165, 1.54) is 13.0 Å². The third-order valence-corrected chi connectivity index (χ3v) is 15.0. The van der Waals surface area contributed by atoms with E-state index in [2.05, 4.69) is 9.80 Å². The molecule has 71 heavy (non-hydrogen) atoms. The minimum absolute atomic E-state index is 0.00287. The monoisotopic (exact) mass is 985 g/mol. The van der Waals surface area contributed by atoms with Crippen molar-refractivity contribution in [2.24, 2.45) is 0 Å². The number of aliphatic hydroxyl groups excluding tert-OH is 1. The van der Waals surface area contributed by atoms with Crippen molar-refractivity contribution in [2.45, 2.75) is 140 Å². The van der Waals surface area contributed by atoms with Crippen LogP contribution in [0.25, 0.3) is 11.2 Å². The highest BCUT2D eigenvalue weighted by Gasteiger charge is 2.50. The van der Waals surface area contributed by atoms with Gasteiger partial charge in [0.1, 0.15) is 47.0 Å². The van der Waals surface area contributed by atoms with E-state index in [-0.39, 0.29) is 72.8 Å². The van der Waals surface area contributed by atoms with Gasteiger partial charge < -0.3 is 38.4 Å². The minimum Gasteiger partial charge on any atom is -0.497 e. The number of carbonyl (C=O) groups excluding carboxylic acids is 1. The maximum atomic E-state index is 15.5. The first kappa shape index (κ1) is 48.7. The second kappa shape index (κ2) is 18.9. The standard InChI is InChI=1S/C52H63F4N9O6/c1-31-23-40(61(25-32-11-17-38(68-5)18-12-32)26-33-13-19-39(69-6)20-14-33)57-42(41(31)52(54,55)56)44(66)47-58-45-43(65(47)35-9-7-10-35)46(60-48(59-45)70-30-51-21-8-22-63(51)27-34(53)24-51)62-28-36-15-16-37(29-62)64(36)49(67)71-50(2,3)4/h11-14,17-20,23,34-37,44,66H,7-10,15-16,21-22,24-30H2,1-6H3/t34-,36?,37?,44-,51+/m1/s1. The van der Waals surface area contributed by atoms with E-state index in [1.807, 2.05) is 83.7 Å². The van der Waals surface area contributed by atoms with E-state index >= 15 is 13.2 Å². The number of hydrogen-bond acceptors (Lipinski definition) is 13. The number of hydrogen-bond donors (Lipinski definition) is 1. The molecule has 2 bridgehead atoms.